The van der Waals surface area contributed by atoms with Crippen molar-refractivity contribution in [3.63, 3.8) is 0 Å². The molecule has 0 aliphatic heterocycles. The molecule has 1 nitrogen and oxygen atoms in total. The quantitative estimate of drug-likeness (QED) is 0.696. The highest BCUT2D eigenvalue weighted by Gasteiger charge is 2.48. The fourth-order valence-corrected chi connectivity index (χ4v) is 7.89. The molecule has 1 fully saturated rings. The molecule has 0 bridgehead atoms. The second kappa shape index (κ2) is 4.44. The van der Waals surface area contributed by atoms with Crippen LogP contribution in [0.15, 0.2) is 10.8 Å². The smallest absolute Gasteiger partial charge is 0.158 e. The molecule has 102 valence electrons. The lowest BCUT2D eigenvalue weighted by Crippen LogP contribution is -2.34. The Hall–Kier alpha value is -0.156. The molecule has 2 atom stereocenters. The first-order valence-corrected chi connectivity index (χ1v) is 14.6. The molecule has 0 N–H and O–H groups in total. The summed E-state index contributed by atoms with van der Waals surface area (Å²) < 4.78 is 0. The molecule has 2 aliphatic rings. The number of hydrogen-bond donors (Lipinski definition) is 0. The summed E-state index contributed by atoms with van der Waals surface area (Å²) in [7, 11) is -2.59. The fourth-order valence-electron chi connectivity index (χ4n) is 3.90. The molecule has 3 heteroatoms. The van der Waals surface area contributed by atoms with Crippen LogP contribution < -0.4 is 0 Å². The van der Waals surface area contributed by atoms with E-state index in [9.17, 15) is 4.79 Å². The van der Waals surface area contributed by atoms with Gasteiger partial charge in [-0.05, 0) is 36.4 Å². The van der Waals surface area contributed by atoms with Gasteiger partial charge in [-0.15, -0.1) is 0 Å². The summed E-state index contributed by atoms with van der Waals surface area (Å²) in [4.78, 5) is 12.8. The van der Waals surface area contributed by atoms with E-state index in [1.54, 1.807) is 5.57 Å². The Morgan fingerprint density at radius 2 is 1.72 bits per heavy atom. The monoisotopic (exact) mass is 280 g/mol. The Morgan fingerprint density at radius 3 is 2.22 bits per heavy atom. The molecule has 0 aromatic heterocycles. The summed E-state index contributed by atoms with van der Waals surface area (Å²) in [5.74, 6) is 1.58. The van der Waals surface area contributed by atoms with Crippen molar-refractivity contribution < 1.29 is 4.79 Å². The Kier molecular flexibility index (Phi) is 3.52. The lowest BCUT2D eigenvalue weighted by Gasteiger charge is -2.25. The molecule has 0 saturated heterocycles. The van der Waals surface area contributed by atoms with Crippen molar-refractivity contribution >= 4 is 21.9 Å². The van der Waals surface area contributed by atoms with Gasteiger partial charge in [-0.1, -0.05) is 44.9 Å². The van der Waals surface area contributed by atoms with E-state index in [0.717, 1.165) is 0 Å². The van der Waals surface area contributed by atoms with E-state index in [4.69, 9.17) is 0 Å². The van der Waals surface area contributed by atoms with Crippen LogP contribution in [-0.2, 0) is 4.79 Å². The van der Waals surface area contributed by atoms with Gasteiger partial charge in [0, 0.05) is 14.0 Å². The molecule has 0 aromatic carbocycles. The molecule has 0 amide bonds. The lowest BCUT2D eigenvalue weighted by atomic mass is 9.94. The number of allylic oxidation sites excluding steroid dienone is 2. The predicted molar refractivity (Wildman–Crippen MR) is 84.4 cm³/mol. The third-order valence-corrected chi connectivity index (χ3v) is 8.11. The number of ketones is 1. The minimum absolute atomic E-state index is 0.371. The molecule has 0 spiro atoms. The van der Waals surface area contributed by atoms with E-state index in [1.807, 2.05) is 0 Å². The van der Waals surface area contributed by atoms with Gasteiger partial charge in [0.25, 0.3) is 0 Å². The van der Waals surface area contributed by atoms with Gasteiger partial charge < -0.3 is 0 Å². The number of rotatable bonds is 3. The van der Waals surface area contributed by atoms with Crippen molar-refractivity contribution in [1.82, 2.24) is 0 Å². The number of carbonyl (C=O) groups excluding carboxylic acids is 1. The van der Waals surface area contributed by atoms with Gasteiger partial charge in [-0.25, -0.2) is 0 Å². The molecule has 0 aromatic rings. The number of fused-ring (bicyclic) bond motifs is 1. The summed E-state index contributed by atoms with van der Waals surface area (Å²) in [5.41, 5.74) is 1.60. The van der Waals surface area contributed by atoms with Crippen molar-refractivity contribution in [2.75, 3.05) is 0 Å². The first-order chi connectivity index (χ1) is 8.11. The third-order valence-electron chi connectivity index (χ3n) is 4.38. The standard InChI is InChI=1S/C15H28OSi2/c1-17(2,3)10-13-11-8-7-9-12(11)15(14(13)16)18(4,5)6/h11,13H,7-10H2,1-6H3/t11-,13+/m1/s1. The lowest BCUT2D eigenvalue weighted by molar-refractivity contribution is -0.118. The molecule has 0 radical (unpaired) electrons. The summed E-state index contributed by atoms with van der Waals surface area (Å²) in [6.07, 6.45) is 3.83. The van der Waals surface area contributed by atoms with Gasteiger partial charge in [-0.3, -0.25) is 4.79 Å². The van der Waals surface area contributed by atoms with Crippen LogP contribution in [0, 0.1) is 11.8 Å². The van der Waals surface area contributed by atoms with Crippen LogP contribution in [-0.4, -0.2) is 21.9 Å². The number of Topliss-reactive ketones (excluding diaryl/α,β-unsaturated/α-hetero) is 1. The van der Waals surface area contributed by atoms with E-state index in [0.29, 0.717) is 17.6 Å². The van der Waals surface area contributed by atoms with Crippen LogP contribution in [0.5, 0.6) is 0 Å². The van der Waals surface area contributed by atoms with E-state index in [2.05, 4.69) is 39.3 Å². The largest absolute Gasteiger partial charge is 0.295 e. The highest BCUT2D eigenvalue weighted by Crippen LogP contribution is 2.49. The molecule has 18 heavy (non-hydrogen) atoms. The fraction of sp³-hybridized carbons (Fsp3) is 0.800. The molecule has 2 aliphatic carbocycles. The maximum Gasteiger partial charge on any atom is 0.158 e. The summed E-state index contributed by atoms with van der Waals surface area (Å²) in [5, 5.41) is 1.34. The van der Waals surface area contributed by atoms with Crippen molar-refractivity contribution in [2.45, 2.75) is 64.6 Å². The van der Waals surface area contributed by atoms with Gasteiger partial charge in [0.15, 0.2) is 5.78 Å². The molecule has 0 heterocycles. The Bertz CT molecular complexity index is 396. The topological polar surface area (TPSA) is 17.1 Å². The molecule has 0 unspecified atom stereocenters. The average molecular weight is 281 g/mol. The van der Waals surface area contributed by atoms with E-state index in [-0.39, 0.29) is 0 Å². The highest BCUT2D eigenvalue weighted by atomic mass is 28.3. The van der Waals surface area contributed by atoms with Crippen molar-refractivity contribution in [3.8, 4) is 0 Å². The van der Waals surface area contributed by atoms with E-state index >= 15 is 0 Å². The Morgan fingerprint density at radius 1 is 1.11 bits per heavy atom. The molecule has 2 rings (SSSR count). The summed E-state index contributed by atoms with van der Waals surface area (Å²) >= 11 is 0. The van der Waals surface area contributed by atoms with Crippen LogP contribution in [0.2, 0.25) is 45.3 Å². The molecular formula is C15H28OSi2. The van der Waals surface area contributed by atoms with Crippen LogP contribution in [0.1, 0.15) is 19.3 Å². The first-order valence-electron chi connectivity index (χ1n) is 7.39. The number of carbonyl (C=O) groups is 1. The van der Waals surface area contributed by atoms with Crippen LogP contribution in [0.4, 0.5) is 0 Å². The zero-order chi connectivity index (χ0) is 13.7. The third kappa shape index (κ3) is 2.57. The van der Waals surface area contributed by atoms with E-state index < -0.39 is 16.1 Å². The average Bonchev–Trinajstić information content (AvgIpc) is 2.66. The minimum Gasteiger partial charge on any atom is -0.295 e. The van der Waals surface area contributed by atoms with Crippen molar-refractivity contribution in [1.29, 1.82) is 0 Å². The Balaban J connectivity index is 2.33. The predicted octanol–water partition coefficient (Wildman–Crippen LogP) is 4.50. The highest BCUT2D eigenvalue weighted by molar-refractivity contribution is 6.88. The summed E-state index contributed by atoms with van der Waals surface area (Å²) in [6, 6.07) is 1.20. The van der Waals surface area contributed by atoms with Gasteiger partial charge in [-0.2, -0.15) is 0 Å². The first kappa shape index (κ1) is 14.3. The zero-order valence-electron chi connectivity index (χ0n) is 12.9. The summed E-state index contributed by atoms with van der Waals surface area (Å²) in [6.45, 7) is 14.3. The van der Waals surface area contributed by atoms with E-state index in [1.165, 1.54) is 30.5 Å². The molecular weight excluding hydrogens is 252 g/mol. The second-order valence-electron chi connectivity index (χ2n) is 8.38. The van der Waals surface area contributed by atoms with Gasteiger partial charge in [0.05, 0.1) is 8.07 Å². The second-order valence-corrected chi connectivity index (χ2v) is 18.9. The van der Waals surface area contributed by atoms with Crippen LogP contribution in [0.25, 0.3) is 0 Å². The van der Waals surface area contributed by atoms with Gasteiger partial charge in [0.2, 0.25) is 0 Å². The maximum absolute atomic E-state index is 12.8. The maximum atomic E-state index is 12.8. The van der Waals surface area contributed by atoms with Crippen molar-refractivity contribution in [2.24, 2.45) is 11.8 Å². The van der Waals surface area contributed by atoms with Gasteiger partial charge in [0.1, 0.15) is 0 Å². The van der Waals surface area contributed by atoms with Gasteiger partial charge >= 0.3 is 0 Å². The molecule has 1 saturated carbocycles. The Labute approximate surface area is 114 Å². The zero-order valence-corrected chi connectivity index (χ0v) is 14.9. The normalized spacial score (nSPS) is 29.1. The van der Waals surface area contributed by atoms with Crippen LogP contribution in [0.3, 0.4) is 0 Å². The van der Waals surface area contributed by atoms with Crippen molar-refractivity contribution in [3.05, 3.63) is 10.8 Å². The number of hydrogen-bond acceptors (Lipinski definition) is 1. The van der Waals surface area contributed by atoms with Crippen LogP contribution >= 0.6 is 0 Å². The minimum atomic E-state index is -1.44. The SMILES string of the molecule is C[Si](C)(C)C[C@@H]1C(=O)C([Si](C)(C)C)=C2CCC[C@H]21.